The largest absolute Gasteiger partial charge is 0.449 e. The highest BCUT2D eigenvalue weighted by Gasteiger charge is 2.12. The minimum absolute atomic E-state index is 0.0166. The van der Waals surface area contributed by atoms with Crippen molar-refractivity contribution in [2.45, 2.75) is 12.1 Å². The average Bonchev–Trinajstić information content (AvgIpc) is 3.13. The number of nitrogens with zero attached hydrogens (tertiary/aromatic N) is 2. The van der Waals surface area contributed by atoms with Gasteiger partial charge >= 0.3 is 5.97 Å². The van der Waals surface area contributed by atoms with Gasteiger partial charge in [0.05, 0.1) is 21.9 Å². The van der Waals surface area contributed by atoms with Gasteiger partial charge in [0.1, 0.15) is 0 Å². The normalized spacial score (nSPS) is 10.2. The molecule has 1 heterocycles. The Bertz CT molecular complexity index is 1040. The number of benzene rings is 2. The second-order valence-electron chi connectivity index (χ2n) is 5.58. The first-order valence-electron chi connectivity index (χ1n) is 8.14. The number of aromatic nitrogens is 2. The van der Waals surface area contributed by atoms with Gasteiger partial charge in [-0.2, -0.15) is 0 Å². The molecule has 0 N–H and O–H groups in total. The third-order valence-corrected chi connectivity index (χ3v) is 4.77. The lowest BCUT2D eigenvalue weighted by Gasteiger charge is -2.00. The number of hydrogen-bond acceptors (Lipinski definition) is 6. The zero-order valence-electron chi connectivity index (χ0n) is 14.7. The molecule has 8 heteroatoms. The second kappa shape index (κ2) is 9.65. The summed E-state index contributed by atoms with van der Waals surface area (Å²) in [6.07, 6.45) is 0. The Labute approximate surface area is 176 Å². The van der Waals surface area contributed by atoms with Gasteiger partial charge in [0.15, 0.2) is 6.61 Å². The molecule has 0 radical (unpaired) electrons. The average molecular weight is 433 g/mol. The van der Waals surface area contributed by atoms with Crippen LogP contribution < -0.4 is 0 Å². The van der Waals surface area contributed by atoms with Crippen molar-refractivity contribution in [1.82, 2.24) is 10.2 Å². The third-order valence-electron chi connectivity index (χ3n) is 3.52. The van der Waals surface area contributed by atoms with Gasteiger partial charge in [0.25, 0.3) is 5.22 Å². The van der Waals surface area contributed by atoms with Crippen LogP contribution in [0.2, 0.25) is 10.0 Å². The SMILES string of the molecule is Cc1ccc(C(=O)OCC#CCSc2nnc(-c3ccc(Cl)cc3Cl)o2)cc1. The van der Waals surface area contributed by atoms with E-state index in [-0.39, 0.29) is 6.61 Å². The van der Waals surface area contributed by atoms with E-state index in [1.54, 1.807) is 30.3 Å². The van der Waals surface area contributed by atoms with Crippen LogP contribution in [0.15, 0.2) is 52.1 Å². The number of aryl methyl sites for hydroxylation is 1. The number of hydrogen-bond donors (Lipinski definition) is 0. The number of halogens is 2. The molecular formula is C20H14Cl2N2O3S. The van der Waals surface area contributed by atoms with Gasteiger partial charge in [0.2, 0.25) is 5.89 Å². The third kappa shape index (κ3) is 5.52. The van der Waals surface area contributed by atoms with E-state index in [2.05, 4.69) is 22.0 Å². The van der Waals surface area contributed by atoms with Crippen molar-refractivity contribution in [3.8, 4) is 23.3 Å². The molecule has 0 atom stereocenters. The van der Waals surface area contributed by atoms with Crippen LogP contribution in [-0.2, 0) is 4.74 Å². The molecule has 0 fully saturated rings. The minimum Gasteiger partial charge on any atom is -0.449 e. The van der Waals surface area contributed by atoms with Crippen LogP contribution in [0.1, 0.15) is 15.9 Å². The molecule has 5 nitrogen and oxygen atoms in total. The van der Waals surface area contributed by atoms with Crippen molar-refractivity contribution in [2.24, 2.45) is 0 Å². The summed E-state index contributed by atoms with van der Waals surface area (Å²) in [5.74, 6) is 5.99. The van der Waals surface area contributed by atoms with Gasteiger partial charge < -0.3 is 9.15 Å². The van der Waals surface area contributed by atoms with Crippen LogP contribution in [-0.4, -0.2) is 28.5 Å². The number of thioether (sulfide) groups is 1. The van der Waals surface area contributed by atoms with Crippen LogP contribution in [0.25, 0.3) is 11.5 Å². The Morgan fingerprint density at radius 2 is 1.93 bits per heavy atom. The van der Waals surface area contributed by atoms with Gasteiger partial charge in [-0.1, -0.05) is 64.5 Å². The molecule has 2 aromatic carbocycles. The van der Waals surface area contributed by atoms with Crippen molar-refractivity contribution < 1.29 is 13.9 Å². The van der Waals surface area contributed by atoms with Crippen LogP contribution in [0.3, 0.4) is 0 Å². The smallest absolute Gasteiger partial charge is 0.339 e. The van der Waals surface area contributed by atoms with Crippen LogP contribution in [0.4, 0.5) is 0 Å². The number of rotatable bonds is 5. The maximum absolute atomic E-state index is 11.8. The lowest BCUT2D eigenvalue weighted by atomic mass is 10.1. The zero-order valence-corrected chi connectivity index (χ0v) is 17.1. The topological polar surface area (TPSA) is 65.2 Å². The lowest BCUT2D eigenvalue weighted by molar-refractivity contribution is 0.0556. The Hall–Kier alpha value is -2.46. The molecule has 3 aromatic rings. The van der Waals surface area contributed by atoms with E-state index < -0.39 is 5.97 Å². The van der Waals surface area contributed by atoms with Crippen molar-refractivity contribution in [3.63, 3.8) is 0 Å². The van der Waals surface area contributed by atoms with E-state index >= 15 is 0 Å². The molecule has 3 rings (SSSR count). The predicted octanol–water partition coefficient (Wildman–Crippen LogP) is 5.30. The molecular weight excluding hydrogens is 419 g/mol. The fourth-order valence-electron chi connectivity index (χ4n) is 2.11. The Kier molecular flexibility index (Phi) is 6.99. The predicted molar refractivity (Wildman–Crippen MR) is 110 cm³/mol. The van der Waals surface area contributed by atoms with E-state index in [0.29, 0.717) is 38.0 Å². The van der Waals surface area contributed by atoms with E-state index in [4.69, 9.17) is 32.4 Å². The molecule has 142 valence electrons. The van der Waals surface area contributed by atoms with Crippen LogP contribution >= 0.6 is 35.0 Å². The highest BCUT2D eigenvalue weighted by Crippen LogP contribution is 2.30. The van der Waals surface area contributed by atoms with E-state index in [1.165, 1.54) is 11.8 Å². The summed E-state index contributed by atoms with van der Waals surface area (Å²) in [5, 5.41) is 9.25. The van der Waals surface area contributed by atoms with E-state index in [9.17, 15) is 4.79 Å². The second-order valence-corrected chi connectivity index (χ2v) is 7.35. The molecule has 0 amide bonds. The number of ether oxygens (including phenoxy) is 1. The van der Waals surface area contributed by atoms with Crippen molar-refractivity contribution in [2.75, 3.05) is 12.4 Å². The molecule has 0 saturated carbocycles. The summed E-state index contributed by atoms with van der Waals surface area (Å²) >= 11 is 13.3. The minimum atomic E-state index is -0.400. The van der Waals surface area contributed by atoms with Gasteiger partial charge in [-0.05, 0) is 37.3 Å². The molecule has 0 aliphatic carbocycles. The molecule has 0 saturated heterocycles. The maximum atomic E-state index is 11.8. The Morgan fingerprint density at radius 3 is 2.68 bits per heavy atom. The molecule has 0 unspecified atom stereocenters. The standard InChI is InChI=1S/C20H14Cl2N2O3S/c1-13-4-6-14(7-5-13)19(25)26-10-2-3-11-28-20-24-23-18(27-20)16-9-8-15(21)12-17(16)22/h4-9,12H,10-11H2,1H3. The summed E-state index contributed by atoms with van der Waals surface area (Å²) in [4.78, 5) is 11.8. The Morgan fingerprint density at radius 1 is 1.14 bits per heavy atom. The summed E-state index contributed by atoms with van der Waals surface area (Å²) in [6.45, 7) is 1.97. The van der Waals surface area contributed by atoms with Crippen molar-refractivity contribution >= 4 is 40.9 Å². The fourth-order valence-corrected chi connectivity index (χ4v) is 3.14. The van der Waals surface area contributed by atoms with Crippen molar-refractivity contribution in [1.29, 1.82) is 0 Å². The number of carbonyl (C=O) groups excluding carboxylic acids is 1. The fraction of sp³-hybridized carbons (Fsp3) is 0.150. The Balaban J connectivity index is 1.46. The maximum Gasteiger partial charge on any atom is 0.339 e. The van der Waals surface area contributed by atoms with Gasteiger partial charge in [-0.25, -0.2) is 4.79 Å². The molecule has 28 heavy (non-hydrogen) atoms. The first-order chi connectivity index (χ1) is 13.5. The summed E-state index contributed by atoms with van der Waals surface area (Å²) < 4.78 is 10.7. The molecule has 1 aromatic heterocycles. The van der Waals surface area contributed by atoms with Crippen LogP contribution in [0.5, 0.6) is 0 Å². The monoisotopic (exact) mass is 432 g/mol. The molecule has 0 aliphatic rings. The first-order valence-corrected chi connectivity index (χ1v) is 9.88. The highest BCUT2D eigenvalue weighted by molar-refractivity contribution is 7.99. The zero-order chi connectivity index (χ0) is 19.9. The van der Waals surface area contributed by atoms with Crippen LogP contribution in [0, 0.1) is 18.8 Å². The van der Waals surface area contributed by atoms with E-state index in [0.717, 1.165) is 5.56 Å². The first kappa shape index (κ1) is 20.3. The molecule has 0 bridgehead atoms. The summed E-state index contributed by atoms with van der Waals surface area (Å²) in [7, 11) is 0. The molecule has 0 spiro atoms. The highest BCUT2D eigenvalue weighted by atomic mass is 35.5. The van der Waals surface area contributed by atoms with E-state index in [1.807, 2.05) is 19.1 Å². The van der Waals surface area contributed by atoms with Crippen molar-refractivity contribution in [3.05, 3.63) is 63.6 Å². The number of carbonyl (C=O) groups is 1. The molecule has 0 aliphatic heterocycles. The van der Waals surface area contributed by atoms with Gasteiger partial charge in [0, 0.05) is 5.02 Å². The lowest BCUT2D eigenvalue weighted by Crippen LogP contribution is -2.05. The summed E-state index contributed by atoms with van der Waals surface area (Å²) in [6, 6.07) is 12.2. The van der Waals surface area contributed by atoms with Gasteiger partial charge in [-0.3, -0.25) is 0 Å². The number of esters is 1. The summed E-state index contributed by atoms with van der Waals surface area (Å²) in [5.41, 5.74) is 2.19. The van der Waals surface area contributed by atoms with Gasteiger partial charge in [-0.15, -0.1) is 10.2 Å². The quantitative estimate of drug-likeness (QED) is 0.309.